The summed E-state index contributed by atoms with van der Waals surface area (Å²) in [7, 11) is -1.88. The van der Waals surface area contributed by atoms with Gasteiger partial charge in [0.1, 0.15) is 6.07 Å². The molecule has 5 nitrogen and oxygen atoms in total. The Labute approximate surface area is 160 Å². The molecule has 0 saturated heterocycles. The number of anilines is 1. The number of hydrazone groups is 1. The van der Waals surface area contributed by atoms with Crippen LogP contribution >= 0.6 is 23.2 Å². The first-order valence-corrected chi connectivity index (χ1v) is 8.91. The molecule has 0 aliphatic carbocycles. The molecule has 0 bridgehead atoms. The number of hydrogen-bond acceptors (Lipinski definition) is 5. The van der Waals surface area contributed by atoms with Crippen LogP contribution in [0.25, 0.3) is 0 Å². The van der Waals surface area contributed by atoms with E-state index in [1.807, 2.05) is 0 Å². The van der Waals surface area contributed by atoms with Crippen LogP contribution in [0.5, 0.6) is 0 Å². The summed E-state index contributed by atoms with van der Waals surface area (Å²) in [5.41, 5.74) is 4.70. The zero-order valence-electron chi connectivity index (χ0n) is 13.1. The largest absolute Gasteiger partial charge is 0.416 e. The molecule has 0 spiro atoms. The van der Waals surface area contributed by atoms with E-state index in [4.69, 9.17) is 35.4 Å². The van der Waals surface area contributed by atoms with Gasteiger partial charge in [-0.2, -0.15) is 23.5 Å². The Hall–Kier alpha value is -1.78. The van der Waals surface area contributed by atoms with Crippen LogP contribution in [0.4, 0.5) is 18.9 Å². The molecule has 0 fully saturated rings. The molecule has 0 radical (unpaired) electrons. The molecule has 3 atom stereocenters. The molecule has 2 rings (SSSR count). The van der Waals surface area contributed by atoms with Gasteiger partial charge in [-0.15, -0.1) is 6.42 Å². The second kappa shape index (κ2) is 7.09. The van der Waals surface area contributed by atoms with E-state index in [9.17, 15) is 22.6 Å². The summed E-state index contributed by atoms with van der Waals surface area (Å²) in [6.07, 6.45) is 0.614. The van der Waals surface area contributed by atoms with Gasteiger partial charge in [-0.05, 0) is 19.1 Å². The van der Waals surface area contributed by atoms with Gasteiger partial charge in [-0.3, -0.25) is 9.22 Å². The highest BCUT2D eigenvalue weighted by Crippen LogP contribution is 2.42. The average Bonchev–Trinajstić information content (AvgIpc) is 2.89. The Morgan fingerprint density at radius 1 is 1.46 bits per heavy atom. The van der Waals surface area contributed by atoms with E-state index in [1.165, 1.54) is 6.92 Å². The van der Waals surface area contributed by atoms with Gasteiger partial charge in [0.15, 0.2) is 10.6 Å². The average molecular weight is 423 g/mol. The van der Waals surface area contributed by atoms with Crippen LogP contribution in [-0.2, 0) is 17.0 Å². The summed E-state index contributed by atoms with van der Waals surface area (Å²) in [5, 5.41) is 12.8. The van der Waals surface area contributed by atoms with Crippen LogP contribution in [0.3, 0.4) is 0 Å². The normalized spacial score (nSPS) is 22.3. The molecule has 2 N–H and O–H groups in total. The lowest BCUT2D eigenvalue weighted by molar-refractivity contribution is -0.137. The van der Waals surface area contributed by atoms with Crippen molar-refractivity contribution >= 4 is 45.4 Å². The fourth-order valence-electron chi connectivity index (χ4n) is 2.30. The molecule has 1 aliphatic heterocycles. The Morgan fingerprint density at radius 3 is 2.42 bits per heavy atom. The quantitative estimate of drug-likeness (QED) is 0.758. The molecule has 0 saturated carbocycles. The van der Waals surface area contributed by atoms with Crippen molar-refractivity contribution in [3.05, 3.63) is 27.7 Å². The van der Waals surface area contributed by atoms with E-state index in [0.29, 0.717) is 12.1 Å². The molecule has 1 heterocycles. The van der Waals surface area contributed by atoms with Gasteiger partial charge in [0.2, 0.25) is 0 Å². The van der Waals surface area contributed by atoms with Crippen molar-refractivity contribution in [2.24, 2.45) is 10.8 Å². The zero-order valence-corrected chi connectivity index (χ0v) is 15.5. The lowest BCUT2D eigenvalue weighted by Crippen LogP contribution is -2.55. The van der Waals surface area contributed by atoms with Crippen molar-refractivity contribution in [1.82, 2.24) is 0 Å². The number of hydrogen-bond donors (Lipinski definition) is 1. The molecule has 138 valence electrons. The monoisotopic (exact) mass is 422 g/mol. The number of nitrogens with zero attached hydrogens (tertiary/aromatic N) is 3. The molecule has 0 amide bonds. The summed E-state index contributed by atoms with van der Waals surface area (Å²) in [4.78, 5) is -1.71. The third kappa shape index (κ3) is 3.53. The molecule has 1 aromatic carbocycles. The van der Waals surface area contributed by atoms with Gasteiger partial charge < -0.3 is 5.73 Å². The van der Waals surface area contributed by atoms with E-state index < -0.39 is 32.7 Å². The smallest absolute Gasteiger partial charge is 0.307 e. The van der Waals surface area contributed by atoms with Crippen molar-refractivity contribution in [2.45, 2.75) is 23.2 Å². The van der Waals surface area contributed by atoms with E-state index in [0.717, 1.165) is 5.01 Å². The fourth-order valence-corrected chi connectivity index (χ4v) is 4.26. The third-order valence-corrected chi connectivity index (χ3v) is 6.02. The van der Waals surface area contributed by atoms with Crippen LogP contribution in [0.15, 0.2) is 17.2 Å². The van der Waals surface area contributed by atoms with E-state index in [-0.39, 0.29) is 28.0 Å². The van der Waals surface area contributed by atoms with Crippen molar-refractivity contribution in [2.75, 3.05) is 11.6 Å². The van der Waals surface area contributed by atoms with Gasteiger partial charge >= 0.3 is 6.18 Å². The highest BCUT2D eigenvalue weighted by Gasteiger charge is 2.48. The molecule has 1 aliphatic rings. The molecular formula is C15H11Cl2F3N4OS. The van der Waals surface area contributed by atoms with Crippen LogP contribution in [0.2, 0.25) is 10.0 Å². The molecular weight excluding hydrogens is 412 g/mol. The van der Waals surface area contributed by atoms with Gasteiger partial charge in [0.05, 0.1) is 43.9 Å². The van der Waals surface area contributed by atoms with Crippen LogP contribution in [0, 0.1) is 23.7 Å². The molecule has 26 heavy (non-hydrogen) atoms. The van der Waals surface area contributed by atoms with Crippen LogP contribution in [0.1, 0.15) is 12.5 Å². The Kier molecular flexibility index (Phi) is 5.60. The summed E-state index contributed by atoms with van der Waals surface area (Å²) in [5.74, 6) is 2.27. The number of halogens is 5. The van der Waals surface area contributed by atoms with Crippen molar-refractivity contribution < 1.29 is 17.4 Å². The summed E-state index contributed by atoms with van der Waals surface area (Å²) in [6, 6.07) is 3.11. The first-order valence-electron chi connectivity index (χ1n) is 6.94. The maximum Gasteiger partial charge on any atom is 0.416 e. The lowest BCUT2D eigenvalue weighted by Gasteiger charge is -2.26. The first-order chi connectivity index (χ1) is 12.0. The SMILES string of the molecule is C#CC(C)S(=O)C1(N)CN(c2c(Cl)cc(C(F)(F)F)cc2Cl)N=C1C#N. The van der Waals surface area contributed by atoms with E-state index >= 15 is 0 Å². The zero-order chi connectivity index (χ0) is 19.9. The Bertz CT molecular complexity index is 867. The standard InChI is InChI=1S/C15H11Cl2F3N4OS/c1-3-8(2)26(25)14(22)7-24(23-12(14)6-21)13-10(16)4-9(5-11(13)17)15(18,19)20/h1,4-5,8H,7,22H2,2H3. The van der Waals surface area contributed by atoms with E-state index in [2.05, 4.69) is 11.0 Å². The van der Waals surface area contributed by atoms with Gasteiger partial charge in [-0.1, -0.05) is 29.1 Å². The predicted molar refractivity (Wildman–Crippen MR) is 95.2 cm³/mol. The second-order valence-corrected chi connectivity index (χ2v) is 8.24. The fraction of sp³-hybridized carbons (Fsp3) is 0.333. The van der Waals surface area contributed by atoms with Crippen molar-refractivity contribution in [3.8, 4) is 18.4 Å². The Morgan fingerprint density at radius 2 is 2.00 bits per heavy atom. The number of terminal acetylenes is 1. The lowest BCUT2D eigenvalue weighted by atomic mass is 10.1. The minimum absolute atomic E-state index is 0.0771. The van der Waals surface area contributed by atoms with Crippen molar-refractivity contribution in [1.29, 1.82) is 5.26 Å². The number of nitriles is 1. The van der Waals surface area contributed by atoms with Gasteiger partial charge in [0.25, 0.3) is 0 Å². The summed E-state index contributed by atoms with van der Waals surface area (Å²) >= 11 is 11.9. The Balaban J connectivity index is 2.50. The highest BCUT2D eigenvalue weighted by atomic mass is 35.5. The second-order valence-electron chi connectivity index (χ2n) is 5.40. The van der Waals surface area contributed by atoms with Crippen LogP contribution < -0.4 is 10.7 Å². The summed E-state index contributed by atoms with van der Waals surface area (Å²) < 4.78 is 51.1. The molecule has 0 aromatic heterocycles. The number of rotatable bonds is 3. The predicted octanol–water partition coefficient (Wildman–Crippen LogP) is 3.14. The minimum atomic E-state index is -4.64. The maximum absolute atomic E-state index is 12.8. The minimum Gasteiger partial charge on any atom is -0.307 e. The molecule has 3 unspecified atom stereocenters. The topological polar surface area (TPSA) is 82.5 Å². The molecule has 11 heteroatoms. The van der Waals surface area contributed by atoms with Gasteiger partial charge in [0, 0.05) is 0 Å². The molecule has 1 aromatic rings. The van der Waals surface area contributed by atoms with Crippen molar-refractivity contribution in [3.63, 3.8) is 0 Å². The van der Waals surface area contributed by atoms with Gasteiger partial charge in [-0.25, -0.2) is 0 Å². The first kappa shape index (κ1) is 20.5. The number of benzene rings is 1. The third-order valence-electron chi connectivity index (χ3n) is 3.63. The number of alkyl halides is 3. The highest BCUT2D eigenvalue weighted by molar-refractivity contribution is 7.88. The van der Waals surface area contributed by atoms with Crippen LogP contribution in [-0.4, -0.2) is 26.6 Å². The van der Waals surface area contributed by atoms with E-state index in [1.54, 1.807) is 6.07 Å². The maximum atomic E-state index is 12.8. The summed E-state index contributed by atoms with van der Waals surface area (Å²) in [6.45, 7) is 1.19. The number of nitrogens with two attached hydrogens (primary N) is 1.